The minimum Gasteiger partial charge on any atom is -0.346 e. The SMILES string of the molecule is Cc1csc(-n2[nH]c(C)c(C(=S)Nc3ccccc3)c2=O)n1. The van der Waals surface area contributed by atoms with Gasteiger partial charge in [0, 0.05) is 16.8 Å². The molecule has 0 fully saturated rings. The third kappa shape index (κ3) is 2.72. The zero-order valence-corrected chi connectivity index (χ0v) is 13.7. The van der Waals surface area contributed by atoms with Crippen molar-refractivity contribution < 1.29 is 0 Å². The van der Waals surface area contributed by atoms with Crippen molar-refractivity contribution >= 4 is 34.2 Å². The fourth-order valence-corrected chi connectivity index (χ4v) is 3.23. The van der Waals surface area contributed by atoms with Gasteiger partial charge in [0.1, 0.15) is 4.99 Å². The van der Waals surface area contributed by atoms with E-state index < -0.39 is 0 Å². The summed E-state index contributed by atoms with van der Waals surface area (Å²) in [6.45, 7) is 3.72. The predicted molar refractivity (Wildman–Crippen MR) is 93.3 cm³/mol. The largest absolute Gasteiger partial charge is 0.346 e. The third-order valence-electron chi connectivity index (χ3n) is 3.13. The molecule has 0 saturated heterocycles. The van der Waals surface area contributed by atoms with Crippen LogP contribution in [0.3, 0.4) is 0 Å². The first-order chi connectivity index (χ1) is 10.6. The summed E-state index contributed by atoms with van der Waals surface area (Å²) in [7, 11) is 0. The summed E-state index contributed by atoms with van der Waals surface area (Å²) >= 11 is 6.80. The maximum absolute atomic E-state index is 12.6. The van der Waals surface area contributed by atoms with Gasteiger partial charge < -0.3 is 5.32 Å². The number of thiocarbonyl (C=S) groups is 1. The molecule has 0 amide bonds. The monoisotopic (exact) mass is 330 g/mol. The molecule has 22 heavy (non-hydrogen) atoms. The molecular formula is C15H14N4OS2. The van der Waals surface area contributed by atoms with E-state index in [1.54, 1.807) is 0 Å². The van der Waals surface area contributed by atoms with Crippen LogP contribution in [0.4, 0.5) is 5.69 Å². The van der Waals surface area contributed by atoms with Gasteiger partial charge in [-0.2, -0.15) is 4.68 Å². The molecule has 0 spiro atoms. The van der Waals surface area contributed by atoms with Gasteiger partial charge in [-0.1, -0.05) is 30.4 Å². The number of hydrogen-bond donors (Lipinski definition) is 2. The molecule has 7 heteroatoms. The van der Waals surface area contributed by atoms with Gasteiger partial charge in [-0.05, 0) is 26.0 Å². The van der Waals surface area contributed by atoms with E-state index in [0.717, 1.165) is 11.4 Å². The Morgan fingerprint density at radius 2 is 2.05 bits per heavy atom. The number of anilines is 1. The smallest absolute Gasteiger partial charge is 0.283 e. The van der Waals surface area contributed by atoms with E-state index in [2.05, 4.69) is 15.4 Å². The van der Waals surface area contributed by atoms with Crippen LogP contribution in [0.25, 0.3) is 5.13 Å². The van der Waals surface area contributed by atoms with Gasteiger partial charge in [-0.15, -0.1) is 11.3 Å². The van der Waals surface area contributed by atoms with Crippen molar-refractivity contribution in [1.82, 2.24) is 14.8 Å². The molecule has 1 aromatic carbocycles. The Balaban J connectivity index is 1.96. The van der Waals surface area contributed by atoms with Gasteiger partial charge >= 0.3 is 0 Å². The number of thiazole rings is 1. The second-order valence-electron chi connectivity index (χ2n) is 4.84. The lowest BCUT2D eigenvalue weighted by molar-refractivity contribution is 0.823. The lowest BCUT2D eigenvalue weighted by Crippen LogP contribution is -2.23. The van der Waals surface area contributed by atoms with E-state index in [4.69, 9.17) is 12.2 Å². The molecule has 0 atom stereocenters. The number of H-pyrrole nitrogens is 1. The van der Waals surface area contributed by atoms with Crippen LogP contribution in [0, 0.1) is 13.8 Å². The van der Waals surface area contributed by atoms with Gasteiger partial charge in [0.05, 0.1) is 11.3 Å². The van der Waals surface area contributed by atoms with Gasteiger partial charge in [0.15, 0.2) is 0 Å². The first kappa shape index (κ1) is 14.7. The number of aryl methyl sites for hydroxylation is 2. The van der Waals surface area contributed by atoms with Gasteiger partial charge in [-0.3, -0.25) is 9.89 Å². The summed E-state index contributed by atoms with van der Waals surface area (Å²) in [5.74, 6) is 0. The van der Waals surface area contributed by atoms with E-state index in [9.17, 15) is 4.79 Å². The Morgan fingerprint density at radius 1 is 1.32 bits per heavy atom. The summed E-state index contributed by atoms with van der Waals surface area (Å²) in [6.07, 6.45) is 0. The van der Waals surface area contributed by atoms with Crippen molar-refractivity contribution in [2.24, 2.45) is 0 Å². The summed E-state index contributed by atoms with van der Waals surface area (Å²) < 4.78 is 1.43. The topological polar surface area (TPSA) is 62.7 Å². The highest BCUT2D eigenvalue weighted by Crippen LogP contribution is 2.14. The molecule has 2 N–H and O–H groups in total. The highest BCUT2D eigenvalue weighted by Gasteiger charge is 2.18. The number of aromatic amines is 1. The third-order valence-corrected chi connectivity index (χ3v) is 4.38. The molecule has 0 saturated carbocycles. The standard InChI is InChI=1S/C15H14N4OS2/c1-9-8-22-15(16-9)19-14(20)12(10(2)18-19)13(21)17-11-6-4-3-5-7-11/h3-8,18H,1-2H3,(H,17,21). The maximum Gasteiger partial charge on any atom is 0.283 e. The Labute approximate surface area is 136 Å². The summed E-state index contributed by atoms with van der Waals surface area (Å²) in [5.41, 5.74) is 2.72. The minimum atomic E-state index is -0.194. The summed E-state index contributed by atoms with van der Waals surface area (Å²) in [4.78, 5) is 17.3. The normalized spacial score (nSPS) is 10.6. The number of nitrogens with zero attached hydrogens (tertiary/aromatic N) is 2. The maximum atomic E-state index is 12.6. The number of benzene rings is 1. The average molecular weight is 330 g/mol. The molecular weight excluding hydrogens is 316 g/mol. The molecule has 0 radical (unpaired) electrons. The summed E-state index contributed by atoms with van der Waals surface area (Å²) in [6, 6.07) is 9.54. The van der Waals surface area contributed by atoms with Crippen LogP contribution in [0.5, 0.6) is 0 Å². The number of para-hydroxylation sites is 1. The van der Waals surface area contributed by atoms with Crippen LogP contribution in [0.15, 0.2) is 40.5 Å². The zero-order chi connectivity index (χ0) is 15.7. The highest BCUT2D eigenvalue weighted by atomic mass is 32.1. The van der Waals surface area contributed by atoms with Crippen LogP contribution in [-0.4, -0.2) is 19.8 Å². The number of nitrogens with one attached hydrogen (secondary N) is 2. The van der Waals surface area contributed by atoms with E-state index >= 15 is 0 Å². The number of hydrogen-bond acceptors (Lipinski definition) is 4. The molecule has 3 rings (SSSR count). The van der Waals surface area contributed by atoms with Crippen LogP contribution in [0.1, 0.15) is 17.0 Å². The lowest BCUT2D eigenvalue weighted by Gasteiger charge is -2.05. The zero-order valence-electron chi connectivity index (χ0n) is 12.1. The molecule has 3 aromatic rings. The molecule has 2 aromatic heterocycles. The van der Waals surface area contributed by atoms with Gasteiger partial charge in [0.2, 0.25) is 5.13 Å². The lowest BCUT2D eigenvalue weighted by atomic mass is 10.2. The molecule has 0 bridgehead atoms. The van der Waals surface area contributed by atoms with Crippen molar-refractivity contribution in [2.45, 2.75) is 13.8 Å². The molecule has 0 unspecified atom stereocenters. The molecule has 0 aliphatic rings. The Hall–Kier alpha value is -2.25. The predicted octanol–water partition coefficient (Wildman–Crippen LogP) is 3.03. The second kappa shape index (κ2) is 5.86. The number of rotatable bonds is 3. The van der Waals surface area contributed by atoms with Gasteiger partial charge in [-0.25, -0.2) is 4.98 Å². The quantitative estimate of drug-likeness (QED) is 0.725. The van der Waals surface area contributed by atoms with E-state index in [1.807, 2.05) is 49.6 Å². The van der Waals surface area contributed by atoms with E-state index in [-0.39, 0.29) is 5.56 Å². The first-order valence-electron chi connectivity index (χ1n) is 6.67. The van der Waals surface area contributed by atoms with Crippen LogP contribution in [0.2, 0.25) is 0 Å². The Kier molecular flexibility index (Phi) is 3.91. The first-order valence-corrected chi connectivity index (χ1v) is 7.95. The fraction of sp³-hybridized carbons (Fsp3) is 0.133. The molecule has 0 aliphatic carbocycles. The van der Waals surface area contributed by atoms with Crippen molar-refractivity contribution in [3.63, 3.8) is 0 Å². The molecule has 2 heterocycles. The average Bonchev–Trinajstić information content (AvgIpc) is 3.03. The Bertz CT molecular complexity index is 877. The van der Waals surface area contributed by atoms with Crippen LogP contribution >= 0.6 is 23.6 Å². The van der Waals surface area contributed by atoms with Crippen molar-refractivity contribution in [3.05, 3.63) is 63.0 Å². The van der Waals surface area contributed by atoms with Crippen molar-refractivity contribution in [2.75, 3.05) is 5.32 Å². The number of aromatic nitrogens is 3. The fourth-order valence-electron chi connectivity index (χ4n) is 2.11. The van der Waals surface area contributed by atoms with E-state index in [0.29, 0.717) is 21.4 Å². The van der Waals surface area contributed by atoms with Crippen LogP contribution in [-0.2, 0) is 0 Å². The minimum absolute atomic E-state index is 0.194. The summed E-state index contributed by atoms with van der Waals surface area (Å²) in [5, 5.41) is 8.64. The Morgan fingerprint density at radius 3 is 2.68 bits per heavy atom. The highest BCUT2D eigenvalue weighted by molar-refractivity contribution is 7.81. The molecule has 112 valence electrons. The second-order valence-corrected chi connectivity index (χ2v) is 6.09. The van der Waals surface area contributed by atoms with Crippen molar-refractivity contribution in [1.29, 1.82) is 0 Å². The van der Waals surface area contributed by atoms with Crippen LogP contribution < -0.4 is 10.9 Å². The van der Waals surface area contributed by atoms with Gasteiger partial charge in [0.25, 0.3) is 5.56 Å². The van der Waals surface area contributed by atoms with Crippen molar-refractivity contribution in [3.8, 4) is 5.13 Å². The molecule has 5 nitrogen and oxygen atoms in total. The molecule has 0 aliphatic heterocycles. The van der Waals surface area contributed by atoms with E-state index in [1.165, 1.54) is 16.0 Å².